The Morgan fingerprint density at radius 3 is 2.35 bits per heavy atom. The zero-order valence-electron chi connectivity index (χ0n) is 27.8. The molecule has 0 radical (unpaired) electrons. The number of halogens is 4. The number of aliphatic carboxylic acids is 1. The van der Waals surface area contributed by atoms with Crippen LogP contribution < -0.4 is 16.0 Å². The minimum atomic E-state index is -5.08. The van der Waals surface area contributed by atoms with Gasteiger partial charge in [-0.2, -0.15) is 23.1 Å². The van der Waals surface area contributed by atoms with Crippen LogP contribution in [0, 0.1) is 5.82 Å². The topological polar surface area (TPSA) is 203 Å². The predicted molar refractivity (Wildman–Crippen MR) is 181 cm³/mol. The van der Waals surface area contributed by atoms with E-state index in [4.69, 9.17) is 19.9 Å². The number of benzene rings is 2. The first kappa shape index (κ1) is 37.6. The summed E-state index contributed by atoms with van der Waals surface area (Å²) in [5, 5.41) is 38.4. The van der Waals surface area contributed by atoms with Crippen molar-refractivity contribution in [3.8, 4) is 0 Å². The molecule has 7 N–H and O–H groups in total. The molecule has 3 aromatic heterocycles. The maximum absolute atomic E-state index is 13.8. The van der Waals surface area contributed by atoms with E-state index in [0.29, 0.717) is 48.9 Å². The number of imidazole rings is 2. The van der Waals surface area contributed by atoms with Crippen LogP contribution in [0.25, 0.3) is 11.2 Å². The van der Waals surface area contributed by atoms with Crippen LogP contribution >= 0.6 is 0 Å². The molecule has 3 heterocycles. The lowest BCUT2D eigenvalue weighted by atomic mass is 9.91. The van der Waals surface area contributed by atoms with Crippen LogP contribution in [0.4, 0.5) is 29.3 Å². The number of rotatable bonds is 12. The van der Waals surface area contributed by atoms with Crippen molar-refractivity contribution >= 4 is 34.8 Å². The van der Waals surface area contributed by atoms with E-state index >= 15 is 0 Å². The van der Waals surface area contributed by atoms with Crippen LogP contribution in [-0.4, -0.2) is 94.2 Å². The highest BCUT2D eigenvalue weighted by atomic mass is 19.4. The number of aliphatic hydroxyl groups excluding tert-OH is 2. The zero-order valence-corrected chi connectivity index (χ0v) is 27.8. The number of nitrogens with one attached hydrogen (secondary N) is 4. The van der Waals surface area contributed by atoms with Gasteiger partial charge in [-0.15, -0.1) is 0 Å². The minimum absolute atomic E-state index is 0.120. The van der Waals surface area contributed by atoms with Gasteiger partial charge in [0.05, 0.1) is 24.7 Å². The van der Waals surface area contributed by atoms with E-state index in [-0.39, 0.29) is 24.1 Å². The van der Waals surface area contributed by atoms with Gasteiger partial charge in [0.15, 0.2) is 17.0 Å². The zero-order chi connectivity index (χ0) is 37.4. The van der Waals surface area contributed by atoms with Crippen molar-refractivity contribution in [3.05, 3.63) is 96.1 Å². The fraction of sp³-hybridized carbons (Fsp3) is 0.353. The molecule has 5 aromatic rings. The van der Waals surface area contributed by atoms with Crippen LogP contribution in [0.3, 0.4) is 0 Å². The Morgan fingerprint density at radius 1 is 1.02 bits per heavy atom. The Bertz CT molecular complexity index is 1930. The molecule has 1 unspecified atom stereocenters. The summed E-state index contributed by atoms with van der Waals surface area (Å²) < 4.78 is 47.3. The Balaban J connectivity index is 0.000000679. The van der Waals surface area contributed by atoms with Crippen LogP contribution in [0.2, 0.25) is 0 Å². The second kappa shape index (κ2) is 16.6. The van der Waals surface area contributed by atoms with Crippen LogP contribution in [-0.2, 0) is 16.0 Å². The van der Waals surface area contributed by atoms with Crippen molar-refractivity contribution < 1.29 is 42.5 Å². The average Bonchev–Trinajstić information content (AvgIpc) is 3.86. The van der Waals surface area contributed by atoms with Gasteiger partial charge in [0.1, 0.15) is 18.0 Å². The number of carbonyl (C=O) groups is 2. The summed E-state index contributed by atoms with van der Waals surface area (Å²) >= 11 is 0. The smallest absolute Gasteiger partial charge is 0.475 e. The number of hydrogen-bond donors (Lipinski definition) is 7. The third-order valence-corrected chi connectivity index (χ3v) is 8.52. The molecule has 1 aliphatic rings. The van der Waals surface area contributed by atoms with Gasteiger partial charge in [-0.25, -0.2) is 19.2 Å². The van der Waals surface area contributed by atoms with Crippen molar-refractivity contribution in [1.29, 1.82) is 0 Å². The van der Waals surface area contributed by atoms with Crippen LogP contribution in [0.15, 0.2) is 73.4 Å². The highest BCUT2D eigenvalue weighted by Crippen LogP contribution is 2.35. The molecule has 18 heteroatoms. The average molecular weight is 728 g/mol. The highest BCUT2D eigenvalue weighted by Gasteiger charge is 2.44. The van der Waals surface area contributed by atoms with Gasteiger partial charge in [0, 0.05) is 43.7 Å². The van der Waals surface area contributed by atoms with E-state index in [1.54, 1.807) is 42.5 Å². The standard InChI is InChI=1S/C32H36FN9O3.C2HF3O2/c1-2-26(43)39-24-14-25(29(45)28(24)44)42-18-38-27-30(40-32(41-31(27)42)35-13-12-22-15-34-17-37-22)36-16-23(19-6-4-3-5-7-19)20-8-10-21(33)11-9-20;3-2(4,5)1(6)7/h3-11,15,17-18,23-25,28-29,44-45H,2,12-14,16H2,1H3,(H,34,37)(H,39,43)(H2,35,36,40,41);(H,6,7)/t23?,24-,25+,28+,29-;/m0./s1. The van der Waals surface area contributed by atoms with Gasteiger partial charge >= 0.3 is 12.1 Å². The third-order valence-electron chi connectivity index (χ3n) is 8.52. The Hall–Kier alpha value is -5.62. The molecule has 1 amide bonds. The number of H-pyrrole nitrogens is 1. The number of amides is 1. The Labute approximate surface area is 294 Å². The summed E-state index contributed by atoms with van der Waals surface area (Å²) in [4.78, 5) is 42.3. The number of carbonyl (C=O) groups excluding carboxylic acids is 1. The summed E-state index contributed by atoms with van der Waals surface area (Å²) in [7, 11) is 0. The molecule has 0 spiro atoms. The van der Waals surface area contributed by atoms with E-state index in [1.807, 2.05) is 30.3 Å². The van der Waals surface area contributed by atoms with Crippen LogP contribution in [0.5, 0.6) is 0 Å². The van der Waals surface area contributed by atoms with E-state index in [2.05, 4.69) is 30.9 Å². The van der Waals surface area contributed by atoms with Gasteiger partial charge in [0.2, 0.25) is 11.9 Å². The molecule has 1 saturated carbocycles. The lowest BCUT2D eigenvalue weighted by Gasteiger charge is -2.20. The number of nitrogens with zero attached hydrogens (tertiary/aromatic N) is 5. The first-order valence-corrected chi connectivity index (χ1v) is 16.3. The summed E-state index contributed by atoms with van der Waals surface area (Å²) in [5.41, 5.74) is 3.90. The number of fused-ring (bicyclic) bond motifs is 1. The van der Waals surface area contributed by atoms with Crippen molar-refractivity contribution in [3.63, 3.8) is 0 Å². The number of carboxylic acid groups (broad SMARTS) is 1. The van der Waals surface area contributed by atoms with Crippen molar-refractivity contribution in [2.24, 2.45) is 0 Å². The quantitative estimate of drug-likeness (QED) is 0.0922. The lowest BCUT2D eigenvalue weighted by Crippen LogP contribution is -2.42. The number of carboxylic acids is 1. The van der Waals surface area contributed by atoms with Crippen molar-refractivity contribution in [2.75, 3.05) is 23.7 Å². The van der Waals surface area contributed by atoms with Gasteiger partial charge < -0.3 is 40.8 Å². The van der Waals surface area contributed by atoms with Crippen molar-refractivity contribution in [2.45, 2.75) is 62.6 Å². The number of aromatic nitrogens is 6. The summed E-state index contributed by atoms with van der Waals surface area (Å²) in [6.07, 6.45) is -1.17. The Kier molecular flexibility index (Phi) is 12.0. The molecule has 52 heavy (non-hydrogen) atoms. The maximum Gasteiger partial charge on any atom is 0.490 e. The molecular weight excluding hydrogens is 690 g/mol. The molecule has 0 saturated heterocycles. The number of aromatic amines is 1. The molecular formula is C34H37F4N9O5. The highest BCUT2D eigenvalue weighted by molar-refractivity contribution is 5.84. The largest absolute Gasteiger partial charge is 0.490 e. The van der Waals surface area contributed by atoms with Gasteiger partial charge in [-0.05, 0) is 29.7 Å². The first-order chi connectivity index (χ1) is 24.8. The molecule has 0 bridgehead atoms. The predicted octanol–water partition coefficient (Wildman–Crippen LogP) is 3.78. The SMILES string of the molecule is CCC(=O)N[C@H]1C[C@@H](n2cnc3c(NCC(c4ccccc4)c4ccc(F)cc4)nc(NCCc4cnc[nH]4)nc32)[C@H](O)[C@@H]1O.O=C(O)C(F)(F)F. The summed E-state index contributed by atoms with van der Waals surface area (Å²) in [6.45, 7) is 2.69. The molecule has 6 rings (SSSR count). The number of hydrogen-bond acceptors (Lipinski definition) is 10. The van der Waals surface area contributed by atoms with Crippen LogP contribution in [0.1, 0.15) is 48.5 Å². The monoisotopic (exact) mass is 727 g/mol. The molecule has 276 valence electrons. The molecule has 1 fully saturated rings. The number of aliphatic hydroxyl groups is 2. The van der Waals surface area contributed by atoms with E-state index in [0.717, 1.165) is 16.8 Å². The van der Waals surface area contributed by atoms with E-state index in [1.165, 1.54) is 12.1 Å². The molecule has 14 nitrogen and oxygen atoms in total. The minimum Gasteiger partial charge on any atom is -0.475 e. The lowest BCUT2D eigenvalue weighted by molar-refractivity contribution is -0.192. The van der Waals surface area contributed by atoms with Gasteiger partial charge in [-0.3, -0.25) is 4.79 Å². The third kappa shape index (κ3) is 9.18. The van der Waals surface area contributed by atoms with E-state index in [9.17, 15) is 32.6 Å². The first-order valence-electron chi connectivity index (χ1n) is 16.3. The number of anilines is 2. The molecule has 5 atom stereocenters. The number of alkyl halides is 3. The van der Waals surface area contributed by atoms with Crippen molar-refractivity contribution in [1.82, 2.24) is 34.8 Å². The summed E-state index contributed by atoms with van der Waals surface area (Å²) in [6, 6.07) is 15.2. The maximum atomic E-state index is 13.8. The fourth-order valence-corrected chi connectivity index (χ4v) is 5.84. The Morgan fingerprint density at radius 2 is 1.71 bits per heavy atom. The molecule has 2 aromatic carbocycles. The van der Waals surface area contributed by atoms with E-state index < -0.39 is 36.4 Å². The summed E-state index contributed by atoms with van der Waals surface area (Å²) in [5.74, 6) is -2.54. The molecule has 1 aliphatic carbocycles. The molecule has 0 aliphatic heterocycles. The normalized spacial score (nSPS) is 19.1. The second-order valence-electron chi connectivity index (χ2n) is 12.0. The van der Waals surface area contributed by atoms with Gasteiger partial charge in [0.25, 0.3) is 0 Å². The second-order valence-corrected chi connectivity index (χ2v) is 12.0. The fourth-order valence-electron chi connectivity index (χ4n) is 5.84. The van der Waals surface area contributed by atoms with Gasteiger partial charge in [-0.1, -0.05) is 49.4 Å².